The first-order valence-corrected chi connectivity index (χ1v) is 10.9. The van der Waals surface area contributed by atoms with Gasteiger partial charge in [-0.05, 0) is 91.6 Å². The SMILES string of the molecule is CC#CC#CC#COC(=O)c1ccc(OC(=O)c2ccc(C(=O)Oc3ccc(C(=O)OC)cc3)cc2)cc1. The highest BCUT2D eigenvalue weighted by molar-refractivity contribution is 5.95. The van der Waals surface area contributed by atoms with Crippen molar-refractivity contribution in [2.45, 2.75) is 6.92 Å². The standard InChI is InChI=1S/C30H18O8/c1-3-4-5-6-7-20-36-28(32)22-14-18-26(19-15-22)38-30(34)24-10-8-23(9-11-24)29(33)37-25-16-12-21(13-17-25)27(31)35-2/h8-19H,1-2H3. The van der Waals surface area contributed by atoms with Gasteiger partial charge in [-0.15, -0.1) is 0 Å². The van der Waals surface area contributed by atoms with Crippen molar-refractivity contribution < 1.29 is 38.1 Å². The van der Waals surface area contributed by atoms with Crippen LogP contribution in [0.5, 0.6) is 11.5 Å². The molecule has 0 unspecified atom stereocenters. The summed E-state index contributed by atoms with van der Waals surface area (Å²) in [5.41, 5.74) is 0.910. The smallest absolute Gasteiger partial charge is 0.352 e. The molecule has 0 aliphatic heterocycles. The van der Waals surface area contributed by atoms with Gasteiger partial charge < -0.3 is 18.9 Å². The molecule has 0 atom stereocenters. The Bertz CT molecular complexity index is 1530. The Morgan fingerprint density at radius 3 is 1.37 bits per heavy atom. The molecule has 0 aromatic heterocycles. The molecule has 3 rings (SSSR count). The van der Waals surface area contributed by atoms with Crippen LogP contribution < -0.4 is 9.47 Å². The molecule has 0 saturated carbocycles. The average molecular weight is 506 g/mol. The van der Waals surface area contributed by atoms with Crippen LogP contribution in [0.15, 0.2) is 72.8 Å². The summed E-state index contributed by atoms with van der Waals surface area (Å²) in [7, 11) is 1.27. The molecule has 0 spiro atoms. The molecule has 186 valence electrons. The van der Waals surface area contributed by atoms with Gasteiger partial charge >= 0.3 is 23.9 Å². The molecule has 0 N–H and O–H groups in total. The van der Waals surface area contributed by atoms with Crippen LogP contribution in [0.2, 0.25) is 0 Å². The minimum atomic E-state index is -0.694. The minimum absolute atomic E-state index is 0.191. The van der Waals surface area contributed by atoms with Crippen LogP contribution in [0.1, 0.15) is 48.4 Å². The van der Waals surface area contributed by atoms with E-state index in [1.54, 1.807) is 6.92 Å². The highest BCUT2D eigenvalue weighted by atomic mass is 16.5. The van der Waals surface area contributed by atoms with E-state index < -0.39 is 23.9 Å². The monoisotopic (exact) mass is 506 g/mol. The number of hydrogen-bond donors (Lipinski definition) is 0. The quantitative estimate of drug-likeness (QED) is 0.280. The summed E-state index contributed by atoms with van der Waals surface area (Å²) in [6.07, 6.45) is 2.17. The molecule has 38 heavy (non-hydrogen) atoms. The Morgan fingerprint density at radius 1 is 0.526 bits per heavy atom. The van der Waals surface area contributed by atoms with Gasteiger partial charge in [-0.2, -0.15) is 0 Å². The zero-order valence-electron chi connectivity index (χ0n) is 20.2. The summed E-state index contributed by atoms with van der Waals surface area (Å²) < 4.78 is 20.0. The van der Waals surface area contributed by atoms with Crippen molar-refractivity contribution >= 4 is 23.9 Å². The fourth-order valence-electron chi connectivity index (χ4n) is 2.79. The number of carbonyl (C=O) groups excluding carboxylic acids is 4. The number of rotatable bonds is 6. The van der Waals surface area contributed by atoms with Gasteiger partial charge in [0.2, 0.25) is 0 Å². The highest BCUT2D eigenvalue weighted by Crippen LogP contribution is 2.17. The molecule has 3 aromatic carbocycles. The molecule has 8 heteroatoms. The third-order valence-corrected chi connectivity index (χ3v) is 4.65. The van der Waals surface area contributed by atoms with Crippen LogP contribution in [-0.2, 0) is 9.47 Å². The molecular formula is C30H18O8. The van der Waals surface area contributed by atoms with Crippen molar-refractivity contribution in [3.05, 3.63) is 95.1 Å². The molecule has 0 aliphatic carbocycles. The molecule has 0 fully saturated rings. The van der Waals surface area contributed by atoms with E-state index in [2.05, 4.69) is 40.4 Å². The van der Waals surface area contributed by atoms with E-state index in [-0.39, 0.29) is 28.2 Å². The number of methoxy groups -OCH3 is 1. The Hall–Kier alpha value is -5.78. The van der Waals surface area contributed by atoms with Gasteiger partial charge in [0.05, 0.1) is 29.4 Å². The first-order chi connectivity index (χ1) is 18.4. The highest BCUT2D eigenvalue weighted by Gasteiger charge is 2.14. The summed E-state index contributed by atoms with van der Waals surface area (Å²) in [4.78, 5) is 48.3. The lowest BCUT2D eigenvalue weighted by Gasteiger charge is -2.07. The largest absolute Gasteiger partial charge is 0.465 e. The van der Waals surface area contributed by atoms with Gasteiger partial charge in [0, 0.05) is 11.8 Å². The zero-order valence-corrected chi connectivity index (χ0v) is 20.2. The Labute approximate surface area is 218 Å². The van der Waals surface area contributed by atoms with Gasteiger partial charge in [0.25, 0.3) is 0 Å². The summed E-state index contributed by atoms with van der Waals surface area (Å²) in [5.74, 6) is 10.2. The van der Waals surface area contributed by atoms with Crippen LogP contribution in [0, 0.1) is 35.7 Å². The number of esters is 4. The predicted octanol–water partition coefficient (Wildman–Crippen LogP) is 4.06. The number of hydrogen-bond acceptors (Lipinski definition) is 8. The second-order valence-corrected chi connectivity index (χ2v) is 7.14. The molecule has 0 heterocycles. The molecule has 0 aliphatic rings. The van der Waals surface area contributed by atoms with E-state index in [1.807, 2.05) is 0 Å². The molecule has 0 radical (unpaired) electrons. The zero-order chi connectivity index (χ0) is 27.3. The van der Waals surface area contributed by atoms with Crippen molar-refractivity contribution in [3.8, 4) is 47.2 Å². The van der Waals surface area contributed by atoms with Crippen molar-refractivity contribution in [1.29, 1.82) is 0 Å². The normalized spacial score (nSPS) is 9.11. The van der Waals surface area contributed by atoms with Crippen LogP contribution in [0.25, 0.3) is 0 Å². The maximum Gasteiger partial charge on any atom is 0.352 e. The third-order valence-electron chi connectivity index (χ3n) is 4.65. The average Bonchev–Trinajstić information content (AvgIpc) is 2.95. The molecule has 0 amide bonds. The first kappa shape index (κ1) is 26.8. The predicted molar refractivity (Wildman–Crippen MR) is 135 cm³/mol. The fraction of sp³-hybridized carbons (Fsp3) is 0.0667. The van der Waals surface area contributed by atoms with Crippen molar-refractivity contribution in [3.63, 3.8) is 0 Å². The first-order valence-electron chi connectivity index (χ1n) is 10.9. The van der Waals surface area contributed by atoms with Gasteiger partial charge in [0.15, 0.2) is 0 Å². The Morgan fingerprint density at radius 2 is 0.921 bits per heavy atom. The molecule has 0 saturated heterocycles. The number of benzene rings is 3. The summed E-state index contributed by atoms with van der Waals surface area (Å²) in [6.45, 7) is 1.64. The van der Waals surface area contributed by atoms with E-state index in [4.69, 9.17) is 14.2 Å². The maximum atomic E-state index is 12.5. The van der Waals surface area contributed by atoms with E-state index in [0.29, 0.717) is 5.56 Å². The lowest BCUT2D eigenvalue weighted by Crippen LogP contribution is -2.11. The van der Waals surface area contributed by atoms with Crippen LogP contribution in [0.4, 0.5) is 0 Å². The Kier molecular flexibility index (Phi) is 9.42. The molecule has 8 nitrogen and oxygen atoms in total. The molecule has 3 aromatic rings. The number of ether oxygens (including phenoxy) is 4. The van der Waals surface area contributed by atoms with Gasteiger partial charge in [-0.1, -0.05) is 5.92 Å². The number of carbonyl (C=O) groups is 4. The summed E-state index contributed by atoms with van der Waals surface area (Å²) in [6, 6.07) is 17.2. The Balaban J connectivity index is 1.55. The minimum Gasteiger partial charge on any atom is -0.465 e. The van der Waals surface area contributed by atoms with Crippen molar-refractivity contribution in [1.82, 2.24) is 0 Å². The second kappa shape index (κ2) is 13.3. The van der Waals surface area contributed by atoms with Crippen LogP contribution >= 0.6 is 0 Å². The van der Waals surface area contributed by atoms with E-state index >= 15 is 0 Å². The van der Waals surface area contributed by atoms with Crippen molar-refractivity contribution in [2.24, 2.45) is 0 Å². The third kappa shape index (κ3) is 7.61. The molecular weight excluding hydrogens is 488 g/mol. The van der Waals surface area contributed by atoms with Crippen LogP contribution in [0.3, 0.4) is 0 Å². The van der Waals surface area contributed by atoms with Gasteiger partial charge in [-0.25, -0.2) is 19.2 Å². The van der Waals surface area contributed by atoms with Crippen LogP contribution in [-0.4, -0.2) is 31.0 Å². The lowest BCUT2D eigenvalue weighted by atomic mass is 10.1. The maximum absolute atomic E-state index is 12.5. The summed E-state index contributed by atoms with van der Waals surface area (Å²) >= 11 is 0. The summed E-state index contributed by atoms with van der Waals surface area (Å²) in [5, 5.41) is 0. The topological polar surface area (TPSA) is 105 Å². The lowest BCUT2D eigenvalue weighted by molar-refractivity contribution is 0.0599. The van der Waals surface area contributed by atoms with E-state index in [1.165, 1.54) is 79.9 Å². The van der Waals surface area contributed by atoms with E-state index in [9.17, 15) is 19.2 Å². The van der Waals surface area contributed by atoms with Gasteiger partial charge in [0.1, 0.15) is 17.6 Å². The van der Waals surface area contributed by atoms with E-state index in [0.717, 1.165) is 0 Å². The fourth-order valence-corrected chi connectivity index (χ4v) is 2.79. The molecule has 0 bridgehead atoms. The van der Waals surface area contributed by atoms with Crippen molar-refractivity contribution in [2.75, 3.05) is 7.11 Å². The second-order valence-electron chi connectivity index (χ2n) is 7.14. The van der Waals surface area contributed by atoms with Gasteiger partial charge in [-0.3, -0.25) is 0 Å².